The van der Waals surface area contributed by atoms with Crippen LogP contribution in [0, 0.1) is 18.6 Å². The zero-order chi connectivity index (χ0) is 30.7. The largest absolute Gasteiger partial charge is 0.497 e. The topological polar surface area (TPSA) is 116 Å². The summed E-state index contributed by atoms with van der Waals surface area (Å²) in [5.74, 6) is 0.127. The molecule has 5 rings (SSSR count). The Hall–Kier alpha value is -4.91. The first kappa shape index (κ1) is 29.6. The van der Waals surface area contributed by atoms with Crippen molar-refractivity contribution in [2.24, 2.45) is 0 Å². The minimum atomic E-state index is -3.60. The second-order valence-corrected chi connectivity index (χ2v) is 11.5. The molecule has 0 saturated carbocycles. The van der Waals surface area contributed by atoms with Crippen molar-refractivity contribution in [1.29, 1.82) is 0 Å². The zero-order valence-electron chi connectivity index (χ0n) is 23.8. The molecule has 2 aromatic heterocycles. The van der Waals surface area contributed by atoms with E-state index >= 15 is 0 Å². The van der Waals surface area contributed by atoms with Crippen LogP contribution >= 0.6 is 0 Å². The Balaban J connectivity index is 1.61. The maximum absolute atomic E-state index is 14.6. The number of benzene rings is 3. The van der Waals surface area contributed by atoms with Gasteiger partial charge in [-0.25, -0.2) is 17.2 Å². The molecular formula is C30H29F2N5O5S. The van der Waals surface area contributed by atoms with E-state index in [1.807, 2.05) is 12.1 Å². The van der Waals surface area contributed by atoms with E-state index in [-0.39, 0.29) is 22.9 Å². The molecule has 0 radical (unpaired) electrons. The number of hydrogen-bond acceptors (Lipinski definition) is 8. The lowest BCUT2D eigenvalue weighted by Gasteiger charge is -2.17. The summed E-state index contributed by atoms with van der Waals surface area (Å²) in [4.78, 5) is 0. The van der Waals surface area contributed by atoms with Crippen molar-refractivity contribution in [1.82, 2.24) is 14.6 Å². The van der Waals surface area contributed by atoms with Gasteiger partial charge < -0.3 is 19.5 Å². The number of hydrogen-bond donors (Lipinski definition) is 2. The van der Waals surface area contributed by atoms with Gasteiger partial charge in [0.05, 0.1) is 25.7 Å². The molecule has 0 aliphatic rings. The van der Waals surface area contributed by atoms with Crippen LogP contribution in [-0.4, -0.2) is 43.0 Å². The third kappa shape index (κ3) is 6.46. The second-order valence-electron chi connectivity index (χ2n) is 9.51. The fraction of sp³-hybridized carbons (Fsp3) is 0.200. The number of rotatable bonds is 11. The van der Waals surface area contributed by atoms with E-state index in [0.717, 1.165) is 17.7 Å². The van der Waals surface area contributed by atoms with Crippen LogP contribution < -0.4 is 24.2 Å². The molecule has 43 heavy (non-hydrogen) atoms. The summed E-state index contributed by atoms with van der Waals surface area (Å²) >= 11 is 0. The predicted molar refractivity (Wildman–Crippen MR) is 160 cm³/mol. The lowest BCUT2D eigenvalue weighted by atomic mass is 10.0. The lowest BCUT2D eigenvalue weighted by molar-refractivity contribution is 0.391. The summed E-state index contributed by atoms with van der Waals surface area (Å²) in [7, 11) is -0.447. The third-order valence-corrected chi connectivity index (χ3v) is 8.00. The molecular weight excluding hydrogens is 580 g/mol. The first-order valence-electron chi connectivity index (χ1n) is 13.2. The van der Waals surface area contributed by atoms with Gasteiger partial charge in [0, 0.05) is 47.3 Å². The number of halogens is 2. The van der Waals surface area contributed by atoms with Gasteiger partial charge in [-0.15, -0.1) is 10.2 Å². The van der Waals surface area contributed by atoms with Crippen molar-refractivity contribution >= 4 is 27.0 Å². The van der Waals surface area contributed by atoms with Gasteiger partial charge in [-0.05, 0) is 62.4 Å². The molecule has 0 spiro atoms. The molecule has 2 heterocycles. The van der Waals surface area contributed by atoms with Gasteiger partial charge >= 0.3 is 0 Å². The van der Waals surface area contributed by atoms with E-state index in [1.165, 1.54) is 25.1 Å². The predicted octanol–water partition coefficient (Wildman–Crippen LogP) is 6.17. The van der Waals surface area contributed by atoms with Gasteiger partial charge in [0.15, 0.2) is 17.2 Å². The summed E-state index contributed by atoms with van der Waals surface area (Å²) in [6.07, 6.45) is 1.77. The second kappa shape index (κ2) is 12.1. The molecule has 0 amide bonds. The van der Waals surface area contributed by atoms with Gasteiger partial charge in [0.2, 0.25) is 10.0 Å². The number of anilines is 2. The summed E-state index contributed by atoms with van der Waals surface area (Å²) in [5, 5.41) is 11.9. The van der Waals surface area contributed by atoms with Crippen LogP contribution in [0.15, 0.2) is 66.9 Å². The molecule has 10 nitrogen and oxygen atoms in total. The minimum absolute atomic E-state index is 0.129. The Morgan fingerprint density at radius 2 is 1.70 bits per heavy atom. The van der Waals surface area contributed by atoms with E-state index < -0.39 is 21.7 Å². The summed E-state index contributed by atoms with van der Waals surface area (Å²) in [5.41, 5.74) is 3.30. The standard InChI is InChI=1S/C30H29F2N5O5S/c1-5-43(38,39)36-22-8-11-27(42-28-10-7-21(31)13-25(28)32)24(14-22)20-12-26(30-35-34-18(2)37(30)17-20)33-16-19-6-9-23(40-3)15-29(19)41-4/h6-15,17,33,36H,5,16H2,1-4H3. The Morgan fingerprint density at radius 3 is 2.42 bits per heavy atom. The van der Waals surface area contributed by atoms with Crippen molar-refractivity contribution in [3.05, 3.63) is 89.9 Å². The number of nitrogens with zero attached hydrogens (tertiary/aromatic N) is 3. The van der Waals surface area contributed by atoms with Crippen LogP contribution in [0.25, 0.3) is 16.8 Å². The summed E-state index contributed by atoms with van der Waals surface area (Å²) in [6.45, 7) is 3.67. The number of nitrogens with one attached hydrogen (secondary N) is 2. The Labute approximate surface area is 247 Å². The third-order valence-electron chi connectivity index (χ3n) is 6.70. The fourth-order valence-electron chi connectivity index (χ4n) is 4.41. The maximum atomic E-state index is 14.6. The van der Waals surface area contributed by atoms with Crippen LogP contribution in [0.1, 0.15) is 18.3 Å². The van der Waals surface area contributed by atoms with Gasteiger partial charge in [0.25, 0.3) is 0 Å². The monoisotopic (exact) mass is 609 g/mol. The minimum Gasteiger partial charge on any atom is -0.497 e. The highest BCUT2D eigenvalue weighted by Crippen LogP contribution is 2.38. The van der Waals surface area contributed by atoms with Crippen LogP contribution in [-0.2, 0) is 16.6 Å². The molecule has 224 valence electrons. The Bertz CT molecular complexity index is 1910. The van der Waals surface area contributed by atoms with Crippen molar-refractivity contribution in [3.63, 3.8) is 0 Å². The number of aromatic nitrogens is 3. The molecule has 5 aromatic rings. The van der Waals surface area contributed by atoms with Gasteiger partial charge in [-0.3, -0.25) is 9.12 Å². The van der Waals surface area contributed by atoms with Crippen molar-refractivity contribution in [2.75, 3.05) is 30.0 Å². The summed E-state index contributed by atoms with van der Waals surface area (Å²) < 4.78 is 73.8. The van der Waals surface area contributed by atoms with Crippen LogP contribution in [0.2, 0.25) is 0 Å². The molecule has 0 fully saturated rings. The molecule has 13 heteroatoms. The van der Waals surface area contributed by atoms with Crippen molar-refractivity contribution < 1.29 is 31.4 Å². The average Bonchev–Trinajstić information content (AvgIpc) is 3.38. The number of ether oxygens (including phenoxy) is 3. The number of sulfonamides is 1. The first-order chi connectivity index (χ1) is 20.6. The van der Waals surface area contributed by atoms with Gasteiger partial charge in [-0.1, -0.05) is 0 Å². The highest BCUT2D eigenvalue weighted by molar-refractivity contribution is 7.92. The van der Waals surface area contributed by atoms with Gasteiger partial charge in [-0.2, -0.15) is 0 Å². The molecule has 0 aliphatic carbocycles. The van der Waals surface area contributed by atoms with E-state index in [0.29, 0.717) is 46.3 Å². The van der Waals surface area contributed by atoms with Crippen LogP contribution in [0.5, 0.6) is 23.0 Å². The smallest absolute Gasteiger partial charge is 0.232 e. The van der Waals surface area contributed by atoms with E-state index in [2.05, 4.69) is 20.2 Å². The average molecular weight is 610 g/mol. The Morgan fingerprint density at radius 1 is 0.907 bits per heavy atom. The zero-order valence-corrected chi connectivity index (χ0v) is 24.6. The number of aryl methyl sites for hydroxylation is 1. The molecule has 0 aliphatic heterocycles. The van der Waals surface area contributed by atoms with Crippen LogP contribution in [0.4, 0.5) is 20.2 Å². The van der Waals surface area contributed by atoms with Crippen molar-refractivity contribution in [2.45, 2.75) is 20.4 Å². The number of pyridine rings is 1. The highest BCUT2D eigenvalue weighted by atomic mass is 32.2. The quantitative estimate of drug-likeness (QED) is 0.183. The molecule has 3 aromatic carbocycles. The summed E-state index contributed by atoms with van der Waals surface area (Å²) in [6, 6.07) is 14.9. The molecule has 0 bridgehead atoms. The molecule has 2 N–H and O–H groups in total. The fourth-order valence-corrected chi connectivity index (χ4v) is 5.04. The first-order valence-corrected chi connectivity index (χ1v) is 14.8. The van der Waals surface area contributed by atoms with Gasteiger partial charge in [0.1, 0.15) is 28.9 Å². The van der Waals surface area contributed by atoms with E-state index in [1.54, 1.807) is 49.9 Å². The SMILES string of the molecule is CCS(=O)(=O)Nc1ccc(Oc2ccc(F)cc2F)c(-c2cc(NCc3ccc(OC)cc3OC)c3nnc(C)n3c2)c1. The molecule has 0 atom stereocenters. The lowest BCUT2D eigenvalue weighted by Crippen LogP contribution is -2.14. The number of methoxy groups -OCH3 is 2. The van der Waals surface area contributed by atoms with Crippen molar-refractivity contribution in [3.8, 4) is 34.1 Å². The molecule has 0 unspecified atom stereocenters. The van der Waals surface area contributed by atoms with E-state index in [9.17, 15) is 17.2 Å². The van der Waals surface area contributed by atoms with Crippen LogP contribution in [0.3, 0.4) is 0 Å². The normalized spacial score (nSPS) is 11.4. The molecule has 0 saturated heterocycles. The van der Waals surface area contributed by atoms with E-state index in [4.69, 9.17) is 14.2 Å². The Kier molecular flexibility index (Phi) is 8.35. The maximum Gasteiger partial charge on any atom is 0.232 e. The number of fused-ring (bicyclic) bond motifs is 1. The highest BCUT2D eigenvalue weighted by Gasteiger charge is 2.18.